The summed E-state index contributed by atoms with van der Waals surface area (Å²) < 4.78 is 11.6. The lowest BCUT2D eigenvalue weighted by molar-refractivity contribution is -0.144. The van der Waals surface area contributed by atoms with E-state index >= 15 is 0 Å². The number of esters is 1. The smallest absolute Gasteiger partial charge is 0.310 e. The third-order valence-corrected chi connectivity index (χ3v) is 4.09. The highest BCUT2D eigenvalue weighted by molar-refractivity contribution is 9.10. The summed E-state index contributed by atoms with van der Waals surface area (Å²) >= 11 is 3.43. The number of carbonyl (C=O) groups is 1. The highest BCUT2D eigenvalue weighted by Crippen LogP contribution is 2.26. The van der Waals surface area contributed by atoms with Gasteiger partial charge in [0.25, 0.3) is 5.89 Å². The van der Waals surface area contributed by atoms with Crippen LogP contribution in [0.2, 0.25) is 0 Å². The first kappa shape index (κ1) is 16.4. The van der Waals surface area contributed by atoms with Gasteiger partial charge in [-0.3, -0.25) is 4.79 Å². The van der Waals surface area contributed by atoms with Crippen LogP contribution in [0.25, 0.3) is 11.5 Å². The number of ether oxygens (including phenoxy) is 1. The zero-order chi connectivity index (χ0) is 16.9. The zero-order valence-electron chi connectivity index (χ0n) is 13.0. The molecule has 0 spiro atoms. The van der Waals surface area contributed by atoms with Crippen molar-refractivity contribution in [2.75, 3.05) is 0 Å². The second kappa shape index (κ2) is 7.40. The van der Waals surface area contributed by atoms with E-state index in [2.05, 4.69) is 26.1 Å². The van der Waals surface area contributed by atoms with E-state index in [1.807, 2.05) is 55.5 Å². The van der Waals surface area contributed by atoms with Gasteiger partial charge in [0.1, 0.15) is 0 Å². The minimum atomic E-state index is -0.334. The molecule has 0 amide bonds. The largest absolute Gasteiger partial charge is 0.455 e. The van der Waals surface area contributed by atoms with E-state index in [-0.39, 0.29) is 24.9 Å². The molecule has 1 aromatic heterocycles. The minimum absolute atomic E-state index is 0.0395. The Bertz CT molecular complexity index is 843. The van der Waals surface area contributed by atoms with Gasteiger partial charge >= 0.3 is 5.97 Å². The maximum atomic E-state index is 11.9. The SMILES string of the molecule is Cc1ccc(CC(=O)OCc2nnc(-c3ccccc3Br)o2)cc1. The number of carbonyl (C=O) groups excluding carboxylic acids is 1. The molecule has 0 radical (unpaired) electrons. The van der Waals surface area contributed by atoms with Gasteiger partial charge in [-0.2, -0.15) is 0 Å². The van der Waals surface area contributed by atoms with Crippen LogP contribution in [0.4, 0.5) is 0 Å². The van der Waals surface area contributed by atoms with E-state index in [0.29, 0.717) is 5.89 Å². The topological polar surface area (TPSA) is 65.2 Å². The van der Waals surface area contributed by atoms with Crippen LogP contribution < -0.4 is 0 Å². The summed E-state index contributed by atoms with van der Waals surface area (Å²) in [5.74, 6) is 0.310. The molecule has 0 atom stereocenters. The van der Waals surface area contributed by atoms with Gasteiger partial charge in [0.2, 0.25) is 5.89 Å². The molecule has 0 bridgehead atoms. The third kappa shape index (κ3) is 4.08. The fraction of sp³-hybridized carbons (Fsp3) is 0.167. The molecule has 3 aromatic rings. The third-order valence-electron chi connectivity index (χ3n) is 3.40. The Labute approximate surface area is 147 Å². The van der Waals surface area contributed by atoms with Gasteiger partial charge < -0.3 is 9.15 Å². The highest BCUT2D eigenvalue weighted by atomic mass is 79.9. The first-order chi connectivity index (χ1) is 11.6. The first-order valence-corrected chi connectivity index (χ1v) is 8.19. The van der Waals surface area contributed by atoms with Crippen LogP contribution >= 0.6 is 15.9 Å². The molecule has 0 aliphatic rings. The number of aryl methyl sites for hydroxylation is 1. The van der Waals surface area contributed by atoms with Crippen molar-refractivity contribution in [3.8, 4) is 11.5 Å². The van der Waals surface area contributed by atoms with Gasteiger partial charge in [0.15, 0.2) is 6.61 Å². The van der Waals surface area contributed by atoms with Crippen LogP contribution in [-0.2, 0) is 22.6 Å². The molecule has 24 heavy (non-hydrogen) atoms. The monoisotopic (exact) mass is 386 g/mol. The normalized spacial score (nSPS) is 10.6. The Hall–Kier alpha value is -2.47. The van der Waals surface area contributed by atoms with Gasteiger partial charge in [-0.15, -0.1) is 10.2 Å². The Morgan fingerprint density at radius 3 is 2.62 bits per heavy atom. The van der Waals surface area contributed by atoms with E-state index in [1.165, 1.54) is 0 Å². The molecular weight excluding hydrogens is 372 g/mol. The molecular formula is C18H15BrN2O3. The Morgan fingerprint density at radius 2 is 1.88 bits per heavy atom. The van der Waals surface area contributed by atoms with Gasteiger partial charge in [-0.25, -0.2) is 0 Å². The lowest BCUT2D eigenvalue weighted by Crippen LogP contribution is -2.08. The van der Waals surface area contributed by atoms with E-state index in [0.717, 1.165) is 21.2 Å². The van der Waals surface area contributed by atoms with Crippen molar-refractivity contribution in [2.24, 2.45) is 0 Å². The molecule has 5 nitrogen and oxygen atoms in total. The number of hydrogen-bond acceptors (Lipinski definition) is 5. The molecule has 2 aromatic carbocycles. The summed E-state index contributed by atoms with van der Waals surface area (Å²) in [4.78, 5) is 11.9. The average molecular weight is 387 g/mol. The summed E-state index contributed by atoms with van der Waals surface area (Å²) in [6.45, 7) is 1.96. The van der Waals surface area contributed by atoms with Gasteiger partial charge in [-0.1, -0.05) is 42.0 Å². The van der Waals surface area contributed by atoms with E-state index in [4.69, 9.17) is 9.15 Å². The van der Waals surface area contributed by atoms with E-state index in [9.17, 15) is 4.79 Å². The van der Waals surface area contributed by atoms with Crippen LogP contribution in [-0.4, -0.2) is 16.2 Å². The molecule has 0 aliphatic carbocycles. The fourth-order valence-electron chi connectivity index (χ4n) is 2.12. The summed E-state index contributed by atoms with van der Waals surface area (Å²) in [5, 5.41) is 7.89. The van der Waals surface area contributed by atoms with Crippen molar-refractivity contribution in [3.63, 3.8) is 0 Å². The van der Waals surface area contributed by atoms with Crippen molar-refractivity contribution >= 4 is 21.9 Å². The lowest BCUT2D eigenvalue weighted by Gasteiger charge is -2.03. The Kier molecular flexibility index (Phi) is 5.05. The zero-order valence-corrected chi connectivity index (χ0v) is 14.6. The molecule has 122 valence electrons. The Morgan fingerprint density at radius 1 is 1.12 bits per heavy atom. The number of benzene rings is 2. The molecule has 0 saturated carbocycles. The van der Waals surface area contributed by atoms with Crippen LogP contribution in [0, 0.1) is 6.92 Å². The number of aromatic nitrogens is 2. The van der Waals surface area contributed by atoms with Crippen molar-refractivity contribution in [1.82, 2.24) is 10.2 Å². The second-order valence-corrected chi connectivity index (χ2v) is 6.16. The van der Waals surface area contributed by atoms with Crippen molar-refractivity contribution in [1.29, 1.82) is 0 Å². The summed E-state index contributed by atoms with van der Waals surface area (Å²) in [6.07, 6.45) is 0.214. The average Bonchev–Trinajstić information content (AvgIpc) is 3.04. The molecule has 0 N–H and O–H groups in total. The highest BCUT2D eigenvalue weighted by Gasteiger charge is 2.13. The van der Waals surface area contributed by atoms with Gasteiger partial charge in [0.05, 0.1) is 12.0 Å². The standard InChI is InChI=1S/C18H15BrN2O3/c1-12-6-8-13(9-7-12)10-17(22)23-11-16-20-21-18(24-16)14-4-2-3-5-15(14)19/h2-9H,10-11H2,1H3. The maximum absolute atomic E-state index is 11.9. The van der Waals surface area contributed by atoms with Gasteiger partial charge in [0, 0.05) is 4.47 Å². The molecule has 3 rings (SSSR count). The first-order valence-electron chi connectivity index (χ1n) is 7.40. The number of nitrogens with zero attached hydrogens (tertiary/aromatic N) is 2. The second-order valence-electron chi connectivity index (χ2n) is 5.30. The van der Waals surface area contributed by atoms with E-state index in [1.54, 1.807) is 0 Å². The lowest BCUT2D eigenvalue weighted by atomic mass is 10.1. The molecule has 0 aliphatic heterocycles. The molecule has 0 fully saturated rings. The molecule has 6 heteroatoms. The van der Waals surface area contributed by atoms with Crippen LogP contribution in [0.3, 0.4) is 0 Å². The molecule has 0 saturated heterocycles. The molecule has 1 heterocycles. The van der Waals surface area contributed by atoms with Crippen LogP contribution in [0.5, 0.6) is 0 Å². The van der Waals surface area contributed by atoms with Crippen molar-refractivity contribution < 1.29 is 13.9 Å². The van der Waals surface area contributed by atoms with Gasteiger partial charge in [-0.05, 0) is 40.5 Å². The number of hydrogen-bond donors (Lipinski definition) is 0. The summed E-state index contributed by atoms with van der Waals surface area (Å²) in [6, 6.07) is 15.3. The van der Waals surface area contributed by atoms with E-state index < -0.39 is 0 Å². The Balaban J connectivity index is 1.58. The molecule has 0 unspecified atom stereocenters. The number of rotatable bonds is 5. The minimum Gasteiger partial charge on any atom is -0.455 e. The fourth-order valence-corrected chi connectivity index (χ4v) is 2.58. The predicted octanol–water partition coefficient (Wildman–Crippen LogP) is 4.09. The predicted molar refractivity (Wildman–Crippen MR) is 92.1 cm³/mol. The van der Waals surface area contributed by atoms with Crippen LogP contribution in [0.1, 0.15) is 17.0 Å². The van der Waals surface area contributed by atoms with Crippen LogP contribution in [0.15, 0.2) is 57.4 Å². The summed E-state index contributed by atoms with van der Waals surface area (Å²) in [7, 11) is 0. The maximum Gasteiger partial charge on any atom is 0.310 e. The summed E-state index contributed by atoms with van der Waals surface area (Å²) in [5.41, 5.74) is 2.85. The van der Waals surface area contributed by atoms with Crippen molar-refractivity contribution in [3.05, 3.63) is 70.0 Å². The quantitative estimate of drug-likeness (QED) is 0.617. The van der Waals surface area contributed by atoms with Crippen molar-refractivity contribution in [2.45, 2.75) is 20.0 Å². The number of halogens is 1.